The van der Waals surface area contributed by atoms with Crippen molar-refractivity contribution >= 4 is 11.8 Å². The van der Waals surface area contributed by atoms with Crippen LogP contribution >= 0.6 is 0 Å². The quantitative estimate of drug-likeness (QED) is 0.888. The van der Waals surface area contributed by atoms with Gasteiger partial charge in [0.15, 0.2) is 0 Å². The molecule has 0 unspecified atom stereocenters. The topological polar surface area (TPSA) is 58.2 Å². The highest BCUT2D eigenvalue weighted by Crippen LogP contribution is 2.15. The van der Waals surface area contributed by atoms with Gasteiger partial charge in [-0.1, -0.05) is 36.4 Å². The summed E-state index contributed by atoms with van der Waals surface area (Å²) in [4.78, 5) is 23.8. The number of rotatable bonds is 5. The Balaban J connectivity index is 2.21. The van der Waals surface area contributed by atoms with E-state index in [4.69, 9.17) is 0 Å². The molecular formula is C18H20N2O2. The highest BCUT2D eigenvalue weighted by Gasteiger charge is 2.12. The van der Waals surface area contributed by atoms with Gasteiger partial charge < -0.3 is 10.6 Å². The molecule has 22 heavy (non-hydrogen) atoms. The molecule has 2 aromatic rings. The van der Waals surface area contributed by atoms with Crippen LogP contribution in [0.5, 0.6) is 0 Å². The second-order valence-electron chi connectivity index (χ2n) is 4.97. The van der Waals surface area contributed by atoms with Crippen molar-refractivity contribution < 1.29 is 9.59 Å². The highest BCUT2D eigenvalue weighted by molar-refractivity contribution is 5.96. The molecule has 0 saturated heterocycles. The third-order valence-corrected chi connectivity index (χ3v) is 3.64. The van der Waals surface area contributed by atoms with Crippen molar-refractivity contribution in [3.63, 3.8) is 0 Å². The molecule has 0 radical (unpaired) electrons. The highest BCUT2D eigenvalue weighted by atomic mass is 16.2. The van der Waals surface area contributed by atoms with Gasteiger partial charge in [0.1, 0.15) is 0 Å². The van der Waals surface area contributed by atoms with E-state index in [1.54, 1.807) is 14.1 Å². The minimum absolute atomic E-state index is 0.0878. The summed E-state index contributed by atoms with van der Waals surface area (Å²) in [6, 6.07) is 15.1. The number of aryl methyl sites for hydroxylation is 2. The third-order valence-electron chi connectivity index (χ3n) is 3.64. The number of carbonyl (C=O) groups excluding carboxylic acids is 2. The smallest absolute Gasteiger partial charge is 0.251 e. The van der Waals surface area contributed by atoms with E-state index in [1.165, 1.54) is 0 Å². The second kappa shape index (κ2) is 7.41. The normalized spacial score (nSPS) is 10.1. The zero-order valence-electron chi connectivity index (χ0n) is 12.8. The molecule has 0 atom stereocenters. The van der Waals surface area contributed by atoms with Crippen LogP contribution in [0.15, 0.2) is 48.5 Å². The number of hydrogen-bond donors (Lipinski definition) is 2. The number of amides is 2. The summed E-state index contributed by atoms with van der Waals surface area (Å²) >= 11 is 0. The fraction of sp³-hybridized carbons (Fsp3) is 0.222. The Morgan fingerprint density at radius 2 is 1.09 bits per heavy atom. The van der Waals surface area contributed by atoms with Gasteiger partial charge in [-0.25, -0.2) is 0 Å². The number of hydrogen-bond acceptors (Lipinski definition) is 2. The van der Waals surface area contributed by atoms with E-state index in [0.717, 1.165) is 11.1 Å². The molecule has 114 valence electrons. The molecule has 2 amide bonds. The van der Waals surface area contributed by atoms with E-state index in [2.05, 4.69) is 10.6 Å². The lowest BCUT2D eigenvalue weighted by Crippen LogP contribution is -2.21. The fourth-order valence-electron chi connectivity index (χ4n) is 2.46. The lowest BCUT2D eigenvalue weighted by molar-refractivity contribution is 0.0953. The molecule has 2 rings (SSSR count). The first-order valence-corrected chi connectivity index (χ1v) is 7.27. The van der Waals surface area contributed by atoms with Gasteiger partial charge in [-0.05, 0) is 36.1 Å². The van der Waals surface area contributed by atoms with Gasteiger partial charge in [-0.3, -0.25) is 9.59 Å². The van der Waals surface area contributed by atoms with Crippen molar-refractivity contribution in [3.05, 3.63) is 70.8 Å². The SMILES string of the molecule is CNC(=O)c1ccccc1CCc1ccccc1C(=O)NC. The maximum absolute atomic E-state index is 11.9. The number of carbonyl (C=O) groups is 2. The molecule has 0 aliphatic carbocycles. The van der Waals surface area contributed by atoms with E-state index in [9.17, 15) is 9.59 Å². The first-order valence-electron chi connectivity index (χ1n) is 7.27. The van der Waals surface area contributed by atoms with Gasteiger partial charge in [0, 0.05) is 25.2 Å². The molecule has 0 heterocycles. The lowest BCUT2D eigenvalue weighted by Gasteiger charge is -2.11. The number of nitrogens with one attached hydrogen (secondary N) is 2. The van der Waals surface area contributed by atoms with E-state index in [-0.39, 0.29) is 11.8 Å². The van der Waals surface area contributed by atoms with Gasteiger partial charge in [0.05, 0.1) is 0 Å². The Labute approximate surface area is 130 Å². The second-order valence-corrected chi connectivity index (χ2v) is 4.97. The maximum Gasteiger partial charge on any atom is 0.251 e. The summed E-state index contributed by atoms with van der Waals surface area (Å²) in [6.45, 7) is 0. The van der Waals surface area contributed by atoms with Crippen LogP contribution in [-0.4, -0.2) is 25.9 Å². The Hall–Kier alpha value is -2.62. The van der Waals surface area contributed by atoms with E-state index in [0.29, 0.717) is 24.0 Å². The minimum atomic E-state index is -0.0878. The van der Waals surface area contributed by atoms with E-state index < -0.39 is 0 Å². The zero-order valence-corrected chi connectivity index (χ0v) is 12.8. The summed E-state index contributed by atoms with van der Waals surface area (Å²) in [5.41, 5.74) is 3.33. The predicted octanol–water partition coefficient (Wildman–Crippen LogP) is 2.19. The molecule has 2 N–H and O–H groups in total. The molecule has 0 fully saturated rings. The first-order chi connectivity index (χ1) is 10.7. The summed E-state index contributed by atoms with van der Waals surface area (Å²) in [5, 5.41) is 5.31. The molecule has 4 heteroatoms. The van der Waals surface area contributed by atoms with E-state index in [1.807, 2.05) is 48.5 Å². The van der Waals surface area contributed by atoms with Crippen LogP contribution in [0.1, 0.15) is 31.8 Å². The van der Waals surface area contributed by atoms with Crippen LogP contribution < -0.4 is 10.6 Å². The molecule has 2 aromatic carbocycles. The lowest BCUT2D eigenvalue weighted by atomic mass is 9.96. The summed E-state index contributed by atoms with van der Waals surface area (Å²) in [6.07, 6.45) is 1.41. The van der Waals surface area contributed by atoms with Crippen LogP contribution in [0.4, 0.5) is 0 Å². The fourth-order valence-corrected chi connectivity index (χ4v) is 2.46. The molecule has 0 aliphatic heterocycles. The average Bonchev–Trinajstić information content (AvgIpc) is 2.59. The summed E-state index contributed by atoms with van der Waals surface area (Å²) in [5.74, 6) is -0.176. The molecule has 0 aromatic heterocycles. The van der Waals surface area contributed by atoms with Crippen molar-refractivity contribution in [1.29, 1.82) is 0 Å². The molecule has 0 aliphatic rings. The Morgan fingerprint density at radius 1 is 0.727 bits per heavy atom. The number of benzene rings is 2. The Kier molecular flexibility index (Phi) is 5.31. The van der Waals surface area contributed by atoms with Gasteiger partial charge in [-0.15, -0.1) is 0 Å². The Morgan fingerprint density at radius 3 is 1.45 bits per heavy atom. The van der Waals surface area contributed by atoms with Gasteiger partial charge in [0.2, 0.25) is 0 Å². The first kappa shape index (κ1) is 15.8. The van der Waals surface area contributed by atoms with Crippen LogP contribution in [-0.2, 0) is 12.8 Å². The van der Waals surface area contributed by atoms with Crippen molar-refractivity contribution in [2.75, 3.05) is 14.1 Å². The third kappa shape index (κ3) is 3.52. The van der Waals surface area contributed by atoms with Crippen molar-refractivity contribution in [3.8, 4) is 0 Å². The van der Waals surface area contributed by atoms with Crippen molar-refractivity contribution in [2.45, 2.75) is 12.8 Å². The van der Waals surface area contributed by atoms with Crippen LogP contribution in [0.25, 0.3) is 0 Å². The maximum atomic E-state index is 11.9. The van der Waals surface area contributed by atoms with Crippen molar-refractivity contribution in [1.82, 2.24) is 10.6 Å². The zero-order chi connectivity index (χ0) is 15.9. The average molecular weight is 296 g/mol. The monoisotopic (exact) mass is 296 g/mol. The summed E-state index contributed by atoms with van der Waals surface area (Å²) in [7, 11) is 3.25. The van der Waals surface area contributed by atoms with Crippen LogP contribution in [0.3, 0.4) is 0 Å². The largest absolute Gasteiger partial charge is 0.355 e. The molecule has 0 saturated carbocycles. The standard InChI is InChI=1S/C18H20N2O2/c1-19-17(21)15-9-5-3-7-13(15)11-12-14-8-4-6-10-16(14)18(22)20-2/h3-10H,11-12H2,1-2H3,(H,19,21)(H,20,22). The van der Waals surface area contributed by atoms with Crippen molar-refractivity contribution in [2.24, 2.45) is 0 Å². The Bertz CT molecular complexity index is 621. The minimum Gasteiger partial charge on any atom is -0.355 e. The predicted molar refractivity (Wildman–Crippen MR) is 87.1 cm³/mol. The van der Waals surface area contributed by atoms with Crippen LogP contribution in [0.2, 0.25) is 0 Å². The summed E-state index contributed by atoms with van der Waals surface area (Å²) < 4.78 is 0. The molecular weight excluding hydrogens is 276 g/mol. The van der Waals surface area contributed by atoms with Gasteiger partial charge >= 0.3 is 0 Å². The van der Waals surface area contributed by atoms with Gasteiger partial charge in [-0.2, -0.15) is 0 Å². The molecule has 4 nitrogen and oxygen atoms in total. The van der Waals surface area contributed by atoms with E-state index >= 15 is 0 Å². The van der Waals surface area contributed by atoms with Crippen LogP contribution in [0, 0.1) is 0 Å². The van der Waals surface area contributed by atoms with Gasteiger partial charge in [0.25, 0.3) is 11.8 Å². The molecule has 0 spiro atoms. The molecule has 0 bridgehead atoms.